The van der Waals surface area contributed by atoms with Crippen molar-refractivity contribution in [2.24, 2.45) is 5.92 Å². The highest BCUT2D eigenvalue weighted by Crippen LogP contribution is 2.40. The molecule has 1 heterocycles. The zero-order valence-electron chi connectivity index (χ0n) is 19.1. The van der Waals surface area contributed by atoms with Crippen molar-refractivity contribution in [1.29, 1.82) is 0 Å². The number of β-lactam (4-membered cyclic amide) rings is 1. The van der Waals surface area contributed by atoms with Crippen molar-refractivity contribution < 1.29 is 19.4 Å². The zero-order valence-corrected chi connectivity index (χ0v) is 19.1. The summed E-state index contributed by atoms with van der Waals surface area (Å²) >= 11 is 0. The monoisotopic (exact) mass is 467 g/mol. The molecule has 0 aromatic heterocycles. The van der Waals surface area contributed by atoms with Gasteiger partial charge in [-0.25, -0.2) is 4.39 Å². The lowest BCUT2D eigenvalue weighted by Crippen LogP contribution is -2.51. The summed E-state index contributed by atoms with van der Waals surface area (Å²) in [6.45, 7) is 0. The molecule has 5 heteroatoms. The maximum Gasteiger partial charge on any atom is 0.226 e. The van der Waals surface area contributed by atoms with E-state index in [-0.39, 0.29) is 29.4 Å². The van der Waals surface area contributed by atoms with E-state index in [4.69, 9.17) is 0 Å². The molecule has 3 atom stereocenters. The van der Waals surface area contributed by atoms with Crippen LogP contribution in [0.4, 0.5) is 4.39 Å². The maximum atomic E-state index is 13.2. The molecule has 0 bridgehead atoms. The number of amides is 1. The van der Waals surface area contributed by atoms with Crippen LogP contribution in [0.15, 0.2) is 97.1 Å². The number of nitrogens with one attached hydrogen (secondary N) is 1. The van der Waals surface area contributed by atoms with Gasteiger partial charge in [-0.2, -0.15) is 0 Å². The van der Waals surface area contributed by atoms with E-state index in [1.807, 2.05) is 60.7 Å². The minimum atomic E-state index is -0.745. The molecule has 0 unspecified atom stereocenters. The van der Waals surface area contributed by atoms with Crippen LogP contribution in [0.25, 0.3) is 22.3 Å². The Morgan fingerprint density at radius 2 is 1.54 bits per heavy atom. The molecule has 3 N–H and O–H groups in total. The van der Waals surface area contributed by atoms with Gasteiger partial charge < -0.3 is 15.5 Å². The van der Waals surface area contributed by atoms with Crippen molar-refractivity contribution >= 4 is 5.91 Å². The van der Waals surface area contributed by atoms with Crippen molar-refractivity contribution in [2.75, 3.05) is 0 Å². The molecule has 0 aliphatic carbocycles. The predicted octanol–water partition coefficient (Wildman–Crippen LogP) is 6.17. The van der Waals surface area contributed by atoms with Gasteiger partial charge in [-0.05, 0) is 70.5 Å². The number of hydrogen-bond acceptors (Lipinski definition) is 3. The van der Waals surface area contributed by atoms with Gasteiger partial charge in [0.1, 0.15) is 11.6 Å². The van der Waals surface area contributed by atoms with Crippen LogP contribution in [0.3, 0.4) is 0 Å². The predicted molar refractivity (Wildman–Crippen MR) is 134 cm³/mol. The highest BCUT2D eigenvalue weighted by atomic mass is 19.1. The number of phenolic OH excluding ortho intramolecular Hbond substituents is 1. The molecule has 4 aromatic rings. The SMILES string of the molecule is O=C1N[C@H](c2ccccc2-c2ccc(-c3cccc(O)c3)cc2)[C@H]1CC[C@H](O)c1ccc(F)cc1. The lowest BCUT2D eigenvalue weighted by atomic mass is 9.78. The third-order valence-corrected chi connectivity index (χ3v) is 6.71. The second-order valence-electron chi connectivity index (χ2n) is 8.95. The number of carbonyl (C=O) groups is 1. The van der Waals surface area contributed by atoms with Crippen LogP contribution in [0.1, 0.15) is 36.1 Å². The fraction of sp³-hybridized carbons (Fsp3) is 0.167. The lowest BCUT2D eigenvalue weighted by Gasteiger charge is -2.38. The lowest BCUT2D eigenvalue weighted by molar-refractivity contribution is -0.135. The molecule has 0 saturated carbocycles. The highest BCUT2D eigenvalue weighted by molar-refractivity contribution is 5.87. The van der Waals surface area contributed by atoms with Crippen LogP contribution in [0, 0.1) is 11.7 Å². The Morgan fingerprint density at radius 1 is 0.829 bits per heavy atom. The van der Waals surface area contributed by atoms with Crippen LogP contribution in [-0.4, -0.2) is 16.1 Å². The number of rotatable bonds is 7. The van der Waals surface area contributed by atoms with Gasteiger partial charge in [-0.1, -0.05) is 72.8 Å². The van der Waals surface area contributed by atoms with Crippen LogP contribution >= 0.6 is 0 Å². The quantitative estimate of drug-likeness (QED) is 0.285. The molecular weight excluding hydrogens is 441 g/mol. The van der Waals surface area contributed by atoms with E-state index in [1.165, 1.54) is 12.1 Å². The maximum absolute atomic E-state index is 13.2. The summed E-state index contributed by atoms with van der Waals surface area (Å²) in [5.41, 5.74) is 5.72. The number of aromatic hydroxyl groups is 1. The Labute approximate surface area is 203 Å². The van der Waals surface area contributed by atoms with Crippen molar-refractivity contribution in [3.8, 4) is 28.0 Å². The molecule has 176 valence electrons. The molecule has 1 aliphatic rings. The minimum absolute atomic E-state index is 0.0182. The Balaban J connectivity index is 1.33. The first-order chi connectivity index (χ1) is 17.0. The van der Waals surface area contributed by atoms with E-state index in [9.17, 15) is 19.4 Å². The number of halogens is 1. The third-order valence-electron chi connectivity index (χ3n) is 6.71. The van der Waals surface area contributed by atoms with E-state index < -0.39 is 6.10 Å². The highest BCUT2D eigenvalue weighted by Gasteiger charge is 2.41. The Morgan fingerprint density at radius 3 is 2.26 bits per heavy atom. The first-order valence-corrected chi connectivity index (χ1v) is 11.7. The van der Waals surface area contributed by atoms with Crippen molar-refractivity contribution in [3.05, 3.63) is 114 Å². The third kappa shape index (κ3) is 4.81. The summed E-state index contributed by atoms with van der Waals surface area (Å²) in [5.74, 6) is -0.368. The summed E-state index contributed by atoms with van der Waals surface area (Å²) < 4.78 is 13.2. The zero-order chi connectivity index (χ0) is 24.4. The molecule has 35 heavy (non-hydrogen) atoms. The molecule has 1 saturated heterocycles. The molecule has 4 aromatic carbocycles. The van der Waals surface area contributed by atoms with E-state index in [0.717, 1.165) is 27.8 Å². The molecule has 4 nitrogen and oxygen atoms in total. The number of aliphatic hydroxyl groups excluding tert-OH is 1. The van der Waals surface area contributed by atoms with Crippen LogP contribution < -0.4 is 5.32 Å². The molecule has 1 aliphatic heterocycles. The Kier molecular flexibility index (Phi) is 6.34. The normalized spacial score (nSPS) is 17.9. The summed E-state index contributed by atoms with van der Waals surface area (Å²) in [7, 11) is 0. The first-order valence-electron chi connectivity index (χ1n) is 11.7. The van der Waals surface area contributed by atoms with Gasteiger partial charge in [0.2, 0.25) is 5.91 Å². The second kappa shape index (κ2) is 9.72. The van der Waals surface area contributed by atoms with Gasteiger partial charge in [0, 0.05) is 0 Å². The molecular formula is C30H26FNO3. The Hall–Kier alpha value is -3.96. The molecule has 1 amide bonds. The number of benzene rings is 4. The van der Waals surface area contributed by atoms with Gasteiger partial charge in [0.15, 0.2) is 0 Å². The fourth-order valence-corrected chi connectivity index (χ4v) is 4.76. The number of aliphatic hydroxyl groups is 1. The fourth-order valence-electron chi connectivity index (χ4n) is 4.76. The van der Waals surface area contributed by atoms with Crippen molar-refractivity contribution in [1.82, 2.24) is 5.32 Å². The first kappa shape index (κ1) is 22.8. The van der Waals surface area contributed by atoms with E-state index in [0.29, 0.717) is 18.4 Å². The average molecular weight is 468 g/mol. The van der Waals surface area contributed by atoms with E-state index in [1.54, 1.807) is 24.3 Å². The minimum Gasteiger partial charge on any atom is -0.508 e. The molecule has 1 fully saturated rings. The van der Waals surface area contributed by atoms with Gasteiger partial charge in [0.25, 0.3) is 0 Å². The number of hydrogen-bond donors (Lipinski definition) is 3. The smallest absolute Gasteiger partial charge is 0.226 e. The summed E-state index contributed by atoms with van der Waals surface area (Å²) in [4.78, 5) is 12.4. The standard InChI is InChI=1S/C30H26FNO3/c31-23-14-12-21(13-15-23)28(34)17-16-27-29(32-30(27)35)26-7-2-1-6-25(26)20-10-8-19(9-11-20)22-4-3-5-24(33)18-22/h1-15,18,27-29,33-34H,16-17H2,(H,32,35)/t27-,28+,29-/m1/s1. The van der Waals surface area contributed by atoms with E-state index >= 15 is 0 Å². The van der Waals surface area contributed by atoms with Gasteiger partial charge >= 0.3 is 0 Å². The van der Waals surface area contributed by atoms with Crippen molar-refractivity contribution in [2.45, 2.75) is 25.0 Å². The number of phenols is 1. The van der Waals surface area contributed by atoms with E-state index in [2.05, 4.69) is 5.32 Å². The molecule has 0 radical (unpaired) electrons. The van der Waals surface area contributed by atoms with Gasteiger partial charge in [-0.15, -0.1) is 0 Å². The molecule has 0 spiro atoms. The van der Waals surface area contributed by atoms with Crippen LogP contribution in [0.2, 0.25) is 0 Å². The second-order valence-corrected chi connectivity index (χ2v) is 8.95. The van der Waals surface area contributed by atoms with Crippen molar-refractivity contribution in [3.63, 3.8) is 0 Å². The van der Waals surface area contributed by atoms with Crippen LogP contribution in [-0.2, 0) is 4.79 Å². The Bertz CT molecular complexity index is 1330. The van der Waals surface area contributed by atoms with Gasteiger partial charge in [0.05, 0.1) is 18.1 Å². The van der Waals surface area contributed by atoms with Gasteiger partial charge in [-0.3, -0.25) is 4.79 Å². The topological polar surface area (TPSA) is 69.6 Å². The summed E-state index contributed by atoms with van der Waals surface area (Å²) in [6, 6.07) is 29.0. The van der Waals surface area contributed by atoms with Crippen LogP contribution in [0.5, 0.6) is 5.75 Å². The summed E-state index contributed by atoms with van der Waals surface area (Å²) in [6.07, 6.45) is 0.200. The summed E-state index contributed by atoms with van der Waals surface area (Å²) in [5, 5.41) is 23.3. The molecule has 5 rings (SSSR count). The largest absolute Gasteiger partial charge is 0.508 e. The average Bonchev–Trinajstić information content (AvgIpc) is 2.88. The number of carbonyl (C=O) groups excluding carboxylic acids is 1.